The van der Waals surface area contributed by atoms with E-state index in [4.69, 9.17) is 27.4 Å². The second kappa shape index (κ2) is 10.2. The Morgan fingerprint density at radius 3 is 2.43 bits per heavy atom. The number of aryl methyl sites for hydroxylation is 3. The Kier molecular flexibility index (Phi) is 6.91. The van der Waals surface area contributed by atoms with Crippen molar-refractivity contribution in [2.45, 2.75) is 65.4 Å². The number of ether oxygens (including phenoxy) is 1. The molecule has 1 amide bonds. The fraction of sp³-hybridized carbons (Fsp3) is 0.375. The molecule has 0 aliphatic carbocycles. The summed E-state index contributed by atoms with van der Waals surface area (Å²) in [5, 5.41) is 9.58. The van der Waals surface area contributed by atoms with Crippen molar-refractivity contribution in [2.75, 3.05) is 6.54 Å². The van der Waals surface area contributed by atoms with Crippen molar-refractivity contribution >= 4 is 29.6 Å². The molecule has 0 N–H and O–H groups in total. The zero-order chi connectivity index (χ0) is 31.9. The van der Waals surface area contributed by atoms with Crippen molar-refractivity contribution in [1.82, 2.24) is 34.0 Å². The second-order valence-corrected chi connectivity index (χ2v) is 13.4. The third-order valence-electron chi connectivity index (χ3n) is 8.14. The first-order chi connectivity index (χ1) is 20.6. The SMILES string of the molecule is Cc1cc(-n2nc3c(c2-c2ncn(-c4ccc5c(cnn5C)c4F)c2C)[C@](C)(S)N(C(=O)OC(C)(C)C)CC3)cc(C)c1F. The van der Waals surface area contributed by atoms with E-state index < -0.39 is 22.4 Å². The van der Waals surface area contributed by atoms with E-state index in [1.807, 2.05) is 40.7 Å². The Morgan fingerprint density at radius 2 is 1.77 bits per heavy atom. The van der Waals surface area contributed by atoms with Gasteiger partial charge in [-0.3, -0.25) is 14.1 Å². The van der Waals surface area contributed by atoms with Gasteiger partial charge in [0.1, 0.15) is 34.0 Å². The number of hydrogen-bond donors (Lipinski definition) is 1. The molecule has 44 heavy (non-hydrogen) atoms. The summed E-state index contributed by atoms with van der Waals surface area (Å²) in [7, 11) is 1.76. The summed E-state index contributed by atoms with van der Waals surface area (Å²) < 4.78 is 41.3. The molecule has 5 aromatic rings. The van der Waals surface area contributed by atoms with E-state index >= 15 is 4.39 Å². The molecule has 3 aromatic heterocycles. The highest BCUT2D eigenvalue weighted by Gasteiger charge is 2.45. The largest absolute Gasteiger partial charge is 0.444 e. The number of imidazole rings is 1. The zero-order valence-corrected chi connectivity index (χ0v) is 26.9. The maximum atomic E-state index is 15.8. The number of amides is 1. The van der Waals surface area contributed by atoms with Crippen LogP contribution in [0.15, 0.2) is 36.8 Å². The van der Waals surface area contributed by atoms with Crippen molar-refractivity contribution in [3.8, 4) is 22.8 Å². The van der Waals surface area contributed by atoms with Gasteiger partial charge in [-0.1, -0.05) is 0 Å². The maximum absolute atomic E-state index is 15.8. The molecule has 9 nitrogen and oxygen atoms in total. The number of aromatic nitrogens is 6. The van der Waals surface area contributed by atoms with Crippen LogP contribution in [0.1, 0.15) is 55.8 Å². The summed E-state index contributed by atoms with van der Waals surface area (Å²) in [6, 6.07) is 6.98. The number of fused-ring (bicyclic) bond motifs is 2. The van der Waals surface area contributed by atoms with E-state index in [9.17, 15) is 9.18 Å². The van der Waals surface area contributed by atoms with Gasteiger partial charge in [0.15, 0.2) is 5.82 Å². The van der Waals surface area contributed by atoms with Gasteiger partial charge in [-0.05, 0) is 83.9 Å². The van der Waals surface area contributed by atoms with Gasteiger partial charge in [-0.25, -0.2) is 23.2 Å². The number of benzene rings is 2. The fourth-order valence-electron chi connectivity index (χ4n) is 6.00. The van der Waals surface area contributed by atoms with Crippen LogP contribution in [0.4, 0.5) is 13.6 Å². The zero-order valence-electron chi connectivity index (χ0n) is 26.0. The highest BCUT2D eigenvalue weighted by Crippen LogP contribution is 2.46. The first-order valence-corrected chi connectivity index (χ1v) is 14.8. The predicted molar refractivity (Wildman–Crippen MR) is 168 cm³/mol. The fourth-order valence-corrected chi connectivity index (χ4v) is 6.41. The molecule has 1 aliphatic rings. The van der Waals surface area contributed by atoms with Crippen LogP contribution >= 0.6 is 12.6 Å². The van der Waals surface area contributed by atoms with Crippen molar-refractivity contribution in [2.24, 2.45) is 7.05 Å². The van der Waals surface area contributed by atoms with Crippen LogP contribution in [-0.2, 0) is 23.1 Å². The van der Waals surface area contributed by atoms with Gasteiger partial charge in [-0.15, -0.1) is 12.6 Å². The van der Waals surface area contributed by atoms with Crippen LogP contribution in [0.5, 0.6) is 0 Å². The monoisotopic (exact) mass is 619 g/mol. The van der Waals surface area contributed by atoms with Gasteiger partial charge in [-0.2, -0.15) is 10.2 Å². The summed E-state index contributed by atoms with van der Waals surface area (Å²) in [6.07, 6.45) is 3.02. The molecule has 0 saturated heterocycles. The standard InChI is InChI=1S/C32H35F2N7O2S/c1-17-13-20(14-18(2)26(17)33)41-29(25-22(37-41)11-12-40(32(25,7)44)30(42)43-31(4,5)6)28-19(3)39(16-35-28)24-10-9-23-21(27(24)34)15-36-38(23)8/h9-10,13-16,44H,11-12H2,1-8H3/t32-/m0/s1. The average molecular weight is 620 g/mol. The number of rotatable bonds is 3. The Labute approximate surface area is 259 Å². The van der Waals surface area contributed by atoms with Crippen molar-refractivity contribution in [1.29, 1.82) is 0 Å². The highest BCUT2D eigenvalue weighted by molar-refractivity contribution is 7.81. The molecule has 0 unspecified atom stereocenters. The lowest BCUT2D eigenvalue weighted by atomic mass is 9.95. The molecule has 12 heteroatoms. The summed E-state index contributed by atoms with van der Waals surface area (Å²) >= 11 is 5.06. The molecule has 230 valence electrons. The van der Waals surface area contributed by atoms with Crippen molar-refractivity contribution in [3.63, 3.8) is 0 Å². The highest BCUT2D eigenvalue weighted by atomic mass is 32.1. The van der Waals surface area contributed by atoms with E-state index in [1.54, 1.807) is 64.3 Å². The molecule has 4 heterocycles. The third-order valence-corrected chi connectivity index (χ3v) is 8.61. The molecule has 0 fully saturated rings. The number of thiol groups is 1. The minimum atomic E-state index is -1.15. The molecule has 0 bridgehead atoms. The lowest BCUT2D eigenvalue weighted by Crippen LogP contribution is -2.50. The molecular formula is C32H35F2N7O2S. The summed E-state index contributed by atoms with van der Waals surface area (Å²) in [5.74, 6) is -0.706. The van der Waals surface area contributed by atoms with Gasteiger partial charge >= 0.3 is 6.09 Å². The number of hydrogen-bond acceptors (Lipinski definition) is 6. The van der Waals surface area contributed by atoms with Crippen LogP contribution in [0.2, 0.25) is 0 Å². The Morgan fingerprint density at radius 1 is 1.09 bits per heavy atom. The Balaban J connectivity index is 1.58. The van der Waals surface area contributed by atoms with Crippen molar-refractivity contribution < 1.29 is 18.3 Å². The lowest BCUT2D eigenvalue weighted by molar-refractivity contribution is 0.0118. The van der Waals surface area contributed by atoms with Gasteiger partial charge in [0.25, 0.3) is 0 Å². The summed E-state index contributed by atoms with van der Waals surface area (Å²) in [6.45, 7) is 12.9. The van der Waals surface area contributed by atoms with Gasteiger partial charge in [0.05, 0.1) is 34.2 Å². The minimum Gasteiger partial charge on any atom is -0.444 e. The van der Waals surface area contributed by atoms with Crippen LogP contribution in [0.25, 0.3) is 33.7 Å². The van der Waals surface area contributed by atoms with E-state index in [0.29, 0.717) is 69.0 Å². The quantitative estimate of drug-likeness (QED) is 0.227. The van der Waals surface area contributed by atoms with E-state index in [1.165, 1.54) is 6.20 Å². The van der Waals surface area contributed by atoms with Crippen LogP contribution < -0.4 is 0 Å². The van der Waals surface area contributed by atoms with Gasteiger partial charge in [0, 0.05) is 31.3 Å². The molecule has 2 aromatic carbocycles. The molecular weight excluding hydrogens is 584 g/mol. The van der Waals surface area contributed by atoms with E-state index in [-0.39, 0.29) is 5.82 Å². The van der Waals surface area contributed by atoms with Gasteiger partial charge < -0.3 is 4.74 Å². The molecule has 0 saturated carbocycles. The summed E-state index contributed by atoms with van der Waals surface area (Å²) in [4.78, 5) is 18.6. The van der Waals surface area contributed by atoms with E-state index in [0.717, 1.165) is 5.69 Å². The smallest absolute Gasteiger partial charge is 0.411 e. The number of carbonyl (C=O) groups excluding carboxylic acids is 1. The molecule has 6 rings (SSSR count). The average Bonchev–Trinajstić information content (AvgIpc) is 3.61. The topological polar surface area (TPSA) is 83.0 Å². The lowest BCUT2D eigenvalue weighted by Gasteiger charge is -2.41. The number of nitrogens with zero attached hydrogens (tertiary/aromatic N) is 7. The molecule has 1 atom stereocenters. The number of carbonyl (C=O) groups is 1. The number of halogens is 2. The molecule has 0 spiro atoms. The second-order valence-electron chi connectivity index (χ2n) is 12.5. The Hall–Kier alpha value is -4.19. The maximum Gasteiger partial charge on any atom is 0.411 e. The first-order valence-electron chi connectivity index (χ1n) is 14.4. The third kappa shape index (κ3) is 4.66. The predicted octanol–water partition coefficient (Wildman–Crippen LogP) is 6.71. The normalized spacial score (nSPS) is 16.9. The van der Waals surface area contributed by atoms with Crippen LogP contribution in [0.3, 0.4) is 0 Å². The van der Waals surface area contributed by atoms with Crippen LogP contribution in [0, 0.1) is 32.4 Å². The Bertz CT molecular complexity index is 1940. The minimum absolute atomic E-state index is 0.288. The summed E-state index contributed by atoms with van der Waals surface area (Å²) in [5.41, 5.74) is 5.02. The molecule has 1 aliphatic heterocycles. The van der Waals surface area contributed by atoms with E-state index in [2.05, 4.69) is 5.10 Å². The van der Waals surface area contributed by atoms with Crippen molar-refractivity contribution in [3.05, 3.63) is 76.5 Å². The van der Waals surface area contributed by atoms with Crippen LogP contribution in [-0.4, -0.2) is 52.3 Å². The van der Waals surface area contributed by atoms with Gasteiger partial charge in [0.2, 0.25) is 0 Å². The first kappa shape index (κ1) is 29.9. The molecule has 0 radical (unpaired) electrons.